The Morgan fingerprint density at radius 1 is 1.21 bits per heavy atom. The Bertz CT molecular complexity index is 910. The third-order valence-corrected chi connectivity index (χ3v) is 7.53. The summed E-state index contributed by atoms with van der Waals surface area (Å²) in [7, 11) is 0. The van der Waals surface area contributed by atoms with E-state index in [1.54, 1.807) is 13.0 Å². The number of hydrogen-bond donors (Lipinski definition) is 2. The average molecular weight is 435 g/mol. The lowest BCUT2D eigenvalue weighted by Crippen LogP contribution is -2.47. The number of aliphatic hydroxyl groups excluding tert-OH is 1. The molecule has 0 radical (unpaired) electrons. The number of benzene rings is 1. The van der Waals surface area contributed by atoms with Gasteiger partial charge in [0.25, 0.3) is 0 Å². The number of halogens is 2. The fourth-order valence-electron chi connectivity index (χ4n) is 4.93. The molecule has 156 valence electrons. The zero-order valence-electron chi connectivity index (χ0n) is 17.0. The molecule has 2 aliphatic rings. The van der Waals surface area contributed by atoms with E-state index in [0.717, 1.165) is 49.4 Å². The van der Waals surface area contributed by atoms with Gasteiger partial charge in [-0.2, -0.15) is 0 Å². The van der Waals surface area contributed by atoms with Crippen molar-refractivity contribution >= 4 is 29.0 Å². The SMILES string of the molecule is Cc1nc(N2CCC3(CCC[C@H]3N)CC2)c(C(C)O)nc1-c1cccc(Cl)c1Cl. The number of hydrogen-bond acceptors (Lipinski definition) is 5. The van der Waals surface area contributed by atoms with Crippen LogP contribution in [0.2, 0.25) is 10.0 Å². The van der Waals surface area contributed by atoms with Gasteiger partial charge in [0.15, 0.2) is 5.82 Å². The van der Waals surface area contributed by atoms with Crippen LogP contribution >= 0.6 is 23.2 Å². The summed E-state index contributed by atoms with van der Waals surface area (Å²) in [5.41, 5.74) is 9.44. The lowest BCUT2D eigenvalue weighted by molar-refractivity contribution is 0.188. The fourth-order valence-corrected chi connectivity index (χ4v) is 5.32. The molecule has 2 aromatic rings. The van der Waals surface area contributed by atoms with Crippen molar-refractivity contribution in [1.29, 1.82) is 0 Å². The third kappa shape index (κ3) is 3.74. The van der Waals surface area contributed by atoms with Crippen LogP contribution in [0.15, 0.2) is 18.2 Å². The quantitative estimate of drug-likeness (QED) is 0.717. The molecule has 7 heteroatoms. The highest BCUT2D eigenvalue weighted by Gasteiger charge is 2.43. The van der Waals surface area contributed by atoms with Crippen LogP contribution in [0.4, 0.5) is 5.82 Å². The summed E-state index contributed by atoms with van der Waals surface area (Å²) >= 11 is 12.6. The summed E-state index contributed by atoms with van der Waals surface area (Å²) in [5.74, 6) is 0.765. The highest BCUT2D eigenvalue weighted by atomic mass is 35.5. The highest BCUT2D eigenvalue weighted by Crippen LogP contribution is 2.46. The first-order valence-corrected chi connectivity index (χ1v) is 11.1. The fraction of sp³-hybridized carbons (Fsp3) is 0.545. The lowest BCUT2D eigenvalue weighted by Gasteiger charge is -2.43. The number of nitrogens with two attached hydrogens (primary N) is 1. The molecule has 1 aromatic heterocycles. The number of nitrogens with zero attached hydrogens (tertiary/aromatic N) is 3. The Hall–Kier alpha value is -1.40. The van der Waals surface area contributed by atoms with Crippen LogP contribution in [-0.2, 0) is 0 Å². The zero-order valence-corrected chi connectivity index (χ0v) is 18.5. The van der Waals surface area contributed by atoms with Crippen molar-refractivity contribution in [3.05, 3.63) is 39.6 Å². The van der Waals surface area contributed by atoms with Crippen molar-refractivity contribution in [2.45, 2.75) is 58.1 Å². The lowest BCUT2D eigenvalue weighted by atomic mass is 9.74. The molecule has 29 heavy (non-hydrogen) atoms. The van der Waals surface area contributed by atoms with Crippen molar-refractivity contribution < 1.29 is 5.11 Å². The molecule has 2 atom stereocenters. The molecule has 2 fully saturated rings. The topological polar surface area (TPSA) is 75.3 Å². The largest absolute Gasteiger partial charge is 0.387 e. The second-order valence-corrected chi connectivity index (χ2v) is 9.28. The van der Waals surface area contributed by atoms with E-state index in [1.807, 2.05) is 19.1 Å². The normalized spacial score (nSPS) is 22.3. The van der Waals surface area contributed by atoms with Crippen molar-refractivity contribution in [3.63, 3.8) is 0 Å². The number of aliphatic hydroxyl groups is 1. The summed E-state index contributed by atoms with van der Waals surface area (Å²) in [6.45, 7) is 5.43. The molecule has 1 aliphatic carbocycles. The predicted octanol–water partition coefficient (Wildman–Crippen LogP) is 4.91. The summed E-state index contributed by atoms with van der Waals surface area (Å²) < 4.78 is 0. The van der Waals surface area contributed by atoms with E-state index in [2.05, 4.69) is 4.90 Å². The van der Waals surface area contributed by atoms with Crippen LogP contribution in [0.25, 0.3) is 11.3 Å². The molecule has 1 spiro atoms. The van der Waals surface area contributed by atoms with Crippen molar-refractivity contribution in [2.24, 2.45) is 11.1 Å². The van der Waals surface area contributed by atoms with E-state index in [0.29, 0.717) is 27.5 Å². The first-order valence-electron chi connectivity index (χ1n) is 10.3. The monoisotopic (exact) mass is 434 g/mol. The van der Waals surface area contributed by atoms with Crippen LogP contribution in [-0.4, -0.2) is 34.2 Å². The van der Waals surface area contributed by atoms with E-state index in [1.165, 1.54) is 12.8 Å². The van der Waals surface area contributed by atoms with Gasteiger partial charge in [-0.15, -0.1) is 0 Å². The molecule has 1 saturated carbocycles. The highest BCUT2D eigenvalue weighted by molar-refractivity contribution is 6.43. The maximum atomic E-state index is 10.5. The number of piperidine rings is 1. The van der Waals surface area contributed by atoms with Gasteiger partial charge in [0.2, 0.25) is 0 Å². The van der Waals surface area contributed by atoms with Gasteiger partial charge >= 0.3 is 0 Å². The summed E-state index contributed by atoms with van der Waals surface area (Å²) in [6.07, 6.45) is 4.98. The van der Waals surface area contributed by atoms with E-state index >= 15 is 0 Å². The minimum atomic E-state index is -0.737. The molecule has 4 rings (SSSR count). The average Bonchev–Trinajstić information content (AvgIpc) is 3.04. The van der Waals surface area contributed by atoms with Crippen LogP contribution < -0.4 is 10.6 Å². The Kier molecular flexibility index (Phi) is 5.77. The Morgan fingerprint density at radius 3 is 2.55 bits per heavy atom. The molecule has 5 nitrogen and oxygen atoms in total. The molecular formula is C22H28Cl2N4O. The molecule has 1 unspecified atom stereocenters. The zero-order chi connectivity index (χ0) is 20.8. The number of rotatable bonds is 3. The number of aromatic nitrogens is 2. The summed E-state index contributed by atoms with van der Waals surface area (Å²) in [5, 5.41) is 11.4. The Labute approximate surface area is 182 Å². The van der Waals surface area contributed by atoms with Crippen LogP contribution in [0.1, 0.15) is 56.5 Å². The van der Waals surface area contributed by atoms with Crippen molar-refractivity contribution in [3.8, 4) is 11.3 Å². The van der Waals surface area contributed by atoms with Crippen molar-refractivity contribution in [2.75, 3.05) is 18.0 Å². The predicted molar refractivity (Wildman–Crippen MR) is 119 cm³/mol. The maximum Gasteiger partial charge on any atom is 0.153 e. The minimum absolute atomic E-state index is 0.276. The van der Waals surface area contributed by atoms with E-state index in [-0.39, 0.29) is 5.41 Å². The first-order chi connectivity index (χ1) is 13.8. The minimum Gasteiger partial charge on any atom is -0.387 e. The van der Waals surface area contributed by atoms with Crippen LogP contribution in [0, 0.1) is 12.3 Å². The van der Waals surface area contributed by atoms with Gasteiger partial charge in [-0.25, -0.2) is 9.97 Å². The molecular weight excluding hydrogens is 407 g/mol. The molecule has 0 bridgehead atoms. The van der Waals surface area contributed by atoms with E-state index in [4.69, 9.17) is 38.9 Å². The molecule has 1 saturated heterocycles. The summed E-state index contributed by atoms with van der Waals surface area (Å²) in [4.78, 5) is 11.9. The molecule has 1 aliphatic heterocycles. The smallest absolute Gasteiger partial charge is 0.153 e. The standard InChI is InChI=1S/C22H28Cl2N4O/c1-13-19(15-5-3-6-16(23)18(15)24)27-20(14(2)29)21(26-13)28-11-9-22(10-12-28)8-4-7-17(22)25/h3,5-6,14,17,29H,4,7-12,25H2,1-2H3/t14?,17-/m1/s1. The van der Waals surface area contributed by atoms with Gasteiger partial charge in [-0.3, -0.25) is 0 Å². The van der Waals surface area contributed by atoms with Gasteiger partial charge in [-0.05, 0) is 51.0 Å². The second kappa shape index (κ2) is 8.03. The van der Waals surface area contributed by atoms with Gasteiger partial charge < -0.3 is 15.7 Å². The molecule has 2 heterocycles. The van der Waals surface area contributed by atoms with Crippen LogP contribution in [0.5, 0.6) is 0 Å². The number of anilines is 1. The number of aryl methyl sites for hydroxylation is 1. The molecule has 3 N–H and O–H groups in total. The third-order valence-electron chi connectivity index (χ3n) is 6.72. The Morgan fingerprint density at radius 2 is 1.93 bits per heavy atom. The van der Waals surface area contributed by atoms with Crippen LogP contribution in [0.3, 0.4) is 0 Å². The molecule has 1 aromatic carbocycles. The van der Waals surface area contributed by atoms with Gasteiger partial charge in [0, 0.05) is 24.7 Å². The molecule has 0 amide bonds. The second-order valence-electron chi connectivity index (χ2n) is 8.49. The van der Waals surface area contributed by atoms with Gasteiger partial charge in [-0.1, -0.05) is 41.8 Å². The first kappa shape index (κ1) is 20.9. The Balaban J connectivity index is 1.68. The van der Waals surface area contributed by atoms with E-state index < -0.39 is 6.10 Å². The van der Waals surface area contributed by atoms with E-state index in [9.17, 15) is 5.11 Å². The summed E-state index contributed by atoms with van der Waals surface area (Å²) in [6, 6.07) is 5.77. The maximum absolute atomic E-state index is 10.5. The van der Waals surface area contributed by atoms with Gasteiger partial charge in [0.05, 0.1) is 27.5 Å². The van der Waals surface area contributed by atoms with Gasteiger partial charge in [0.1, 0.15) is 5.69 Å². The van der Waals surface area contributed by atoms with Crippen molar-refractivity contribution in [1.82, 2.24) is 9.97 Å².